The molecule has 1 nitrogen and oxygen atoms in total. The molecule has 0 saturated heterocycles. The summed E-state index contributed by atoms with van der Waals surface area (Å²) in [6.07, 6.45) is 0. The summed E-state index contributed by atoms with van der Waals surface area (Å²) >= 11 is 6.92. The molecule has 0 radical (unpaired) electrons. The maximum Gasteiger partial charge on any atom is 0.120 e. The second kappa shape index (κ2) is 4.28. The van der Waals surface area contributed by atoms with Crippen molar-refractivity contribution in [3.05, 3.63) is 27.7 Å². The third-order valence-electron chi connectivity index (χ3n) is 1.76. The molecule has 0 aliphatic rings. The Morgan fingerprint density at radius 1 is 1.42 bits per heavy atom. The van der Waals surface area contributed by atoms with Gasteiger partial charge in [-0.2, -0.15) is 0 Å². The van der Waals surface area contributed by atoms with E-state index >= 15 is 0 Å². The molecule has 1 aromatic rings. The molecule has 0 N–H and O–H groups in total. The maximum atomic E-state index is 5.13. The van der Waals surface area contributed by atoms with Gasteiger partial charge in [-0.1, -0.05) is 31.9 Å². The normalized spacial score (nSPS) is 10.0. The standard InChI is InChI=1S/C9H10Br2O/c1-6-3-7(12-2)4-9(11)8(6)5-10/h3-4H,5H2,1-2H3. The Morgan fingerprint density at radius 2 is 2.08 bits per heavy atom. The lowest BCUT2D eigenvalue weighted by Crippen LogP contribution is -1.90. The number of ether oxygens (including phenoxy) is 1. The Hall–Kier alpha value is -0.0200. The topological polar surface area (TPSA) is 9.23 Å². The Balaban J connectivity index is 3.18. The van der Waals surface area contributed by atoms with Gasteiger partial charge in [-0.15, -0.1) is 0 Å². The molecule has 0 unspecified atom stereocenters. The number of benzene rings is 1. The third kappa shape index (κ3) is 2.02. The number of hydrogen-bond acceptors (Lipinski definition) is 1. The second-order valence-corrected chi connectivity index (χ2v) is 3.95. The van der Waals surface area contributed by atoms with Crippen molar-refractivity contribution < 1.29 is 4.74 Å². The summed E-state index contributed by atoms with van der Waals surface area (Å²) < 4.78 is 6.22. The van der Waals surface area contributed by atoms with Gasteiger partial charge in [0.15, 0.2) is 0 Å². The van der Waals surface area contributed by atoms with Gasteiger partial charge < -0.3 is 4.74 Å². The summed E-state index contributed by atoms with van der Waals surface area (Å²) in [6, 6.07) is 4.00. The second-order valence-electron chi connectivity index (χ2n) is 2.54. The molecule has 66 valence electrons. The number of hydrogen-bond donors (Lipinski definition) is 0. The number of methoxy groups -OCH3 is 1. The monoisotopic (exact) mass is 292 g/mol. The predicted molar refractivity (Wildman–Crippen MR) is 58.1 cm³/mol. The Labute approximate surface area is 89.4 Å². The Morgan fingerprint density at radius 3 is 2.50 bits per heavy atom. The van der Waals surface area contributed by atoms with Crippen molar-refractivity contribution in [1.82, 2.24) is 0 Å². The summed E-state index contributed by atoms with van der Waals surface area (Å²) in [5, 5.41) is 0.864. The maximum absolute atomic E-state index is 5.13. The van der Waals surface area contributed by atoms with Gasteiger partial charge in [0.25, 0.3) is 0 Å². The first kappa shape index (κ1) is 10.1. The molecule has 0 heterocycles. The van der Waals surface area contributed by atoms with E-state index in [-0.39, 0.29) is 0 Å². The van der Waals surface area contributed by atoms with Gasteiger partial charge in [0.1, 0.15) is 5.75 Å². The molecule has 0 aliphatic heterocycles. The summed E-state index contributed by atoms with van der Waals surface area (Å²) in [7, 11) is 1.68. The van der Waals surface area contributed by atoms with Crippen molar-refractivity contribution in [1.29, 1.82) is 0 Å². The van der Waals surface area contributed by atoms with E-state index in [1.54, 1.807) is 7.11 Å². The van der Waals surface area contributed by atoms with Crippen molar-refractivity contribution in [3.8, 4) is 5.75 Å². The minimum atomic E-state index is 0.864. The number of alkyl halides is 1. The van der Waals surface area contributed by atoms with E-state index in [1.807, 2.05) is 12.1 Å². The minimum Gasteiger partial charge on any atom is -0.497 e. The van der Waals surface area contributed by atoms with Gasteiger partial charge in [0.2, 0.25) is 0 Å². The summed E-state index contributed by atoms with van der Waals surface area (Å²) in [4.78, 5) is 0. The molecule has 0 saturated carbocycles. The van der Waals surface area contributed by atoms with Crippen molar-refractivity contribution in [3.63, 3.8) is 0 Å². The highest BCUT2D eigenvalue weighted by molar-refractivity contribution is 9.10. The van der Waals surface area contributed by atoms with Crippen LogP contribution in [0.5, 0.6) is 5.75 Å². The molecule has 1 aromatic carbocycles. The van der Waals surface area contributed by atoms with E-state index in [2.05, 4.69) is 38.8 Å². The van der Waals surface area contributed by atoms with E-state index in [0.717, 1.165) is 15.6 Å². The van der Waals surface area contributed by atoms with E-state index in [9.17, 15) is 0 Å². The molecule has 0 aromatic heterocycles. The first-order valence-corrected chi connectivity index (χ1v) is 5.49. The predicted octanol–water partition coefficient (Wildman–Crippen LogP) is 3.66. The van der Waals surface area contributed by atoms with Crippen LogP contribution < -0.4 is 4.74 Å². The molecule has 0 bridgehead atoms. The molecular weight excluding hydrogens is 284 g/mol. The smallest absolute Gasteiger partial charge is 0.120 e. The molecule has 0 spiro atoms. The molecule has 3 heteroatoms. The number of halogens is 2. The van der Waals surface area contributed by atoms with Crippen LogP contribution >= 0.6 is 31.9 Å². The van der Waals surface area contributed by atoms with Crippen molar-refractivity contribution in [2.45, 2.75) is 12.3 Å². The third-order valence-corrected chi connectivity index (χ3v) is 3.03. The van der Waals surface area contributed by atoms with Crippen LogP contribution in [0.4, 0.5) is 0 Å². The van der Waals surface area contributed by atoms with Crippen LogP contribution in [-0.2, 0) is 5.33 Å². The zero-order chi connectivity index (χ0) is 9.14. The lowest BCUT2D eigenvalue weighted by molar-refractivity contribution is 0.414. The zero-order valence-electron chi connectivity index (χ0n) is 7.03. The summed E-state index contributed by atoms with van der Waals surface area (Å²) in [5.41, 5.74) is 2.51. The van der Waals surface area contributed by atoms with Crippen LogP contribution in [0.1, 0.15) is 11.1 Å². The van der Waals surface area contributed by atoms with Gasteiger partial charge >= 0.3 is 0 Å². The van der Waals surface area contributed by atoms with Crippen LogP contribution in [-0.4, -0.2) is 7.11 Å². The Bertz CT molecular complexity index is 261. The van der Waals surface area contributed by atoms with Gasteiger partial charge in [-0.3, -0.25) is 0 Å². The highest BCUT2D eigenvalue weighted by atomic mass is 79.9. The SMILES string of the molecule is COc1cc(C)c(CBr)c(Br)c1. The van der Waals surface area contributed by atoms with E-state index < -0.39 is 0 Å². The van der Waals surface area contributed by atoms with Gasteiger partial charge in [0, 0.05) is 9.80 Å². The zero-order valence-corrected chi connectivity index (χ0v) is 10.2. The van der Waals surface area contributed by atoms with Crippen LogP contribution in [0.15, 0.2) is 16.6 Å². The van der Waals surface area contributed by atoms with Gasteiger partial charge in [0.05, 0.1) is 7.11 Å². The van der Waals surface area contributed by atoms with Crippen molar-refractivity contribution in [2.75, 3.05) is 7.11 Å². The highest BCUT2D eigenvalue weighted by Gasteiger charge is 2.04. The average molecular weight is 294 g/mol. The van der Waals surface area contributed by atoms with Crippen LogP contribution in [0, 0.1) is 6.92 Å². The van der Waals surface area contributed by atoms with Crippen LogP contribution in [0.25, 0.3) is 0 Å². The fourth-order valence-corrected chi connectivity index (χ4v) is 2.83. The van der Waals surface area contributed by atoms with Crippen molar-refractivity contribution in [2.24, 2.45) is 0 Å². The minimum absolute atomic E-state index is 0.864. The molecular formula is C9H10Br2O. The fraction of sp³-hybridized carbons (Fsp3) is 0.333. The molecule has 0 atom stereocenters. The van der Waals surface area contributed by atoms with Crippen LogP contribution in [0.3, 0.4) is 0 Å². The van der Waals surface area contributed by atoms with E-state index in [1.165, 1.54) is 11.1 Å². The summed E-state index contributed by atoms with van der Waals surface area (Å²) in [6.45, 7) is 2.07. The fourth-order valence-electron chi connectivity index (χ4n) is 1.03. The Kier molecular flexibility index (Phi) is 3.59. The van der Waals surface area contributed by atoms with Crippen LogP contribution in [0.2, 0.25) is 0 Å². The number of rotatable bonds is 2. The highest BCUT2D eigenvalue weighted by Crippen LogP contribution is 2.28. The van der Waals surface area contributed by atoms with Gasteiger partial charge in [-0.05, 0) is 30.2 Å². The largest absolute Gasteiger partial charge is 0.497 e. The quantitative estimate of drug-likeness (QED) is 0.756. The van der Waals surface area contributed by atoms with Gasteiger partial charge in [-0.25, -0.2) is 0 Å². The molecule has 0 amide bonds. The first-order valence-electron chi connectivity index (χ1n) is 3.58. The van der Waals surface area contributed by atoms with Crippen molar-refractivity contribution >= 4 is 31.9 Å². The van der Waals surface area contributed by atoms with E-state index in [0.29, 0.717) is 0 Å². The molecule has 0 aliphatic carbocycles. The number of aryl methyl sites for hydroxylation is 1. The lowest BCUT2D eigenvalue weighted by atomic mass is 10.1. The summed E-state index contributed by atoms with van der Waals surface area (Å²) in [5.74, 6) is 0.893. The first-order chi connectivity index (χ1) is 5.69. The molecule has 1 rings (SSSR count). The molecule has 0 fully saturated rings. The van der Waals surface area contributed by atoms with E-state index in [4.69, 9.17) is 4.74 Å². The lowest BCUT2D eigenvalue weighted by Gasteiger charge is -2.07. The molecule has 12 heavy (non-hydrogen) atoms. The average Bonchev–Trinajstić information content (AvgIpc) is 2.03.